The van der Waals surface area contributed by atoms with E-state index in [2.05, 4.69) is 5.32 Å². The molecule has 24 heavy (non-hydrogen) atoms. The predicted octanol–water partition coefficient (Wildman–Crippen LogP) is 1.46. The smallest absolute Gasteiger partial charge is 0.341 e. The van der Waals surface area contributed by atoms with Crippen molar-refractivity contribution in [2.24, 2.45) is 0 Å². The number of hydrogen-bond acceptors (Lipinski definition) is 5. The average Bonchev–Trinajstić information content (AvgIpc) is 2.80. The summed E-state index contributed by atoms with van der Waals surface area (Å²) in [7, 11) is 0. The quantitative estimate of drug-likeness (QED) is 0.578. The number of hydrogen-bond donors (Lipinski definition) is 2. The van der Waals surface area contributed by atoms with Crippen molar-refractivity contribution in [1.82, 2.24) is 10.2 Å². The van der Waals surface area contributed by atoms with E-state index >= 15 is 0 Å². The molecule has 1 heterocycles. The third kappa shape index (κ3) is 3.83. The summed E-state index contributed by atoms with van der Waals surface area (Å²) >= 11 is 0. The molecule has 0 spiro atoms. The summed E-state index contributed by atoms with van der Waals surface area (Å²) in [6, 6.07) is 4.35. The lowest BCUT2D eigenvalue weighted by Crippen LogP contribution is -2.30. The first-order valence-corrected chi connectivity index (χ1v) is 7.42. The zero-order valence-electron chi connectivity index (χ0n) is 13.4. The minimum absolute atomic E-state index is 0.170. The Bertz CT molecular complexity index is 698. The molecule has 128 valence electrons. The fourth-order valence-corrected chi connectivity index (χ4v) is 2.17. The summed E-state index contributed by atoms with van der Waals surface area (Å²) in [6.45, 7) is 3.66. The molecule has 2 rings (SSSR count). The first kappa shape index (κ1) is 17.3. The van der Waals surface area contributed by atoms with Crippen LogP contribution in [0.3, 0.4) is 0 Å². The molecule has 0 aliphatic carbocycles. The van der Waals surface area contributed by atoms with Gasteiger partial charge in [-0.1, -0.05) is 6.07 Å². The van der Waals surface area contributed by atoms with E-state index in [0.29, 0.717) is 23.7 Å². The van der Waals surface area contributed by atoms with E-state index in [1.807, 2.05) is 0 Å². The molecule has 0 radical (unpaired) electrons. The summed E-state index contributed by atoms with van der Waals surface area (Å²) in [4.78, 5) is 35.4. The Morgan fingerprint density at radius 2 is 2.00 bits per heavy atom. The van der Waals surface area contributed by atoms with E-state index in [1.54, 1.807) is 32.0 Å². The number of urea groups is 1. The number of amides is 3. The Balaban J connectivity index is 2.26. The molecule has 2 N–H and O–H groups in total. The van der Waals surface area contributed by atoms with Crippen molar-refractivity contribution >= 4 is 24.0 Å². The summed E-state index contributed by atoms with van der Waals surface area (Å²) < 4.78 is 10.6. The fourth-order valence-electron chi connectivity index (χ4n) is 2.17. The molecular formula is C16H18N2O6. The van der Waals surface area contributed by atoms with Crippen LogP contribution in [0, 0.1) is 0 Å². The minimum atomic E-state index is -1.09. The molecule has 8 nitrogen and oxygen atoms in total. The number of nitrogens with zero attached hydrogens (tertiary/aromatic N) is 1. The normalized spacial score (nSPS) is 15.6. The van der Waals surface area contributed by atoms with Crippen LogP contribution >= 0.6 is 0 Å². The number of nitrogens with one attached hydrogen (secondary N) is 1. The Labute approximate surface area is 138 Å². The van der Waals surface area contributed by atoms with Crippen molar-refractivity contribution in [1.29, 1.82) is 0 Å². The standard InChI is InChI=1S/C16H18N2O6/c1-3-18-15(21)11(17-16(18)22)7-10-5-6-12(24-9-14(19)20)13(8-10)23-4-2/h5-8H,3-4,9H2,1-2H3,(H,17,22)(H,19,20)/b11-7+. The molecule has 3 amide bonds. The number of likely N-dealkylation sites (N-methyl/N-ethyl adjacent to an activating group) is 1. The highest BCUT2D eigenvalue weighted by atomic mass is 16.5. The molecule has 0 saturated carbocycles. The van der Waals surface area contributed by atoms with Gasteiger partial charge in [0.1, 0.15) is 5.70 Å². The van der Waals surface area contributed by atoms with E-state index in [1.165, 1.54) is 6.08 Å². The van der Waals surface area contributed by atoms with Gasteiger partial charge in [0.2, 0.25) is 0 Å². The monoisotopic (exact) mass is 334 g/mol. The van der Waals surface area contributed by atoms with E-state index in [-0.39, 0.29) is 12.2 Å². The van der Waals surface area contributed by atoms with Gasteiger partial charge >= 0.3 is 12.0 Å². The first-order chi connectivity index (χ1) is 11.5. The molecule has 1 aliphatic rings. The zero-order chi connectivity index (χ0) is 17.7. The molecule has 1 fully saturated rings. The lowest BCUT2D eigenvalue weighted by atomic mass is 10.1. The minimum Gasteiger partial charge on any atom is -0.490 e. The third-order valence-corrected chi connectivity index (χ3v) is 3.21. The van der Waals surface area contributed by atoms with Crippen LogP contribution in [-0.4, -0.2) is 47.7 Å². The molecule has 0 unspecified atom stereocenters. The van der Waals surface area contributed by atoms with Gasteiger partial charge in [-0.15, -0.1) is 0 Å². The summed E-state index contributed by atoms with van der Waals surface area (Å²) in [6.07, 6.45) is 1.53. The molecule has 8 heteroatoms. The van der Waals surface area contributed by atoms with Crippen LogP contribution in [0.1, 0.15) is 19.4 Å². The van der Waals surface area contributed by atoms with Crippen molar-refractivity contribution < 1.29 is 29.0 Å². The second-order valence-electron chi connectivity index (χ2n) is 4.86. The van der Waals surface area contributed by atoms with Gasteiger partial charge < -0.3 is 19.9 Å². The van der Waals surface area contributed by atoms with Gasteiger partial charge in [0.25, 0.3) is 5.91 Å². The second-order valence-corrected chi connectivity index (χ2v) is 4.86. The largest absolute Gasteiger partial charge is 0.490 e. The number of benzene rings is 1. The number of carbonyl (C=O) groups is 3. The number of carbonyl (C=O) groups excluding carboxylic acids is 2. The number of imide groups is 1. The molecule has 1 saturated heterocycles. The Hall–Kier alpha value is -3.03. The van der Waals surface area contributed by atoms with Crippen LogP contribution in [0.2, 0.25) is 0 Å². The first-order valence-electron chi connectivity index (χ1n) is 7.42. The van der Waals surface area contributed by atoms with Crippen LogP contribution in [0.15, 0.2) is 23.9 Å². The van der Waals surface area contributed by atoms with Crippen molar-refractivity contribution in [3.8, 4) is 11.5 Å². The van der Waals surface area contributed by atoms with Crippen LogP contribution in [0.25, 0.3) is 6.08 Å². The van der Waals surface area contributed by atoms with Gasteiger partial charge in [0, 0.05) is 6.54 Å². The summed E-state index contributed by atoms with van der Waals surface area (Å²) in [5.41, 5.74) is 0.784. The molecule has 1 aromatic carbocycles. The molecule has 1 aliphatic heterocycles. The molecule has 0 bridgehead atoms. The summed E-state index contributed by atoms with van der Waals surface area (Å²) in [5, 5.41) is 11.2. The SMILES string of the molecule is CCOc1cc(/C=C2/NC(=O)N(CC)C2=O)ccc1OCC(=O)O. The highest BCUT2D eigenvalue weighted by Gasteiger charge is 2.32. The molecule has 0 atom stereocenters. The third-order valence-electron chi connectivity index (χ3n) is 3.21. The van der Waals surface area contributed by atoms with Gasteiger partial charge in [0.05, 0.1) is 6.61 Å². The van der Waals surface area contributed by atoms with E-state index in [0.717, 1.165) is 4.90 Å². The second kappa shape index (κ2) is 7.49. The number of rotatable bonds is 7. The van der Waals surface area contributed by atoms with E-state index in [4.69, 9.17) is 14.6 Å². The summed E-state index contributed by atoms with van der Waals surface area (Å²) in [5.74, 6) is -0.843. The van der Waals surface area contributed by atoms with E-state index < -0.39 is 24.5 Å². The van der Waals surface area contributed by atoms with Gasteiger partial charge in [-0.05, 0) is 37.6 Å². The fraction of sp³-hybridized carbons (Fsp3) is 0.312. The van der Waals surface area contributed by atoms with Crippen LogP contribution in [0.4, 0.5) is 4.79 Å². The van der Waals surface area contributed by atoms with Crippen LogP contribution in [-0.2, 0) is 9.59 Å². The predicted molar refractivity (Wildman–Crippen MR) is 84.6 cm³/mol. The number of ether oxygens (including phenoxy) is 2. The molecular weight excluding hydrogens is 316 g/mol. The maximum absolute atomic E-state index is 12.1. The van der Waals surface area contributed by atoms with Crippen LogP contribution < -0.4 is 14.8 Å². The Morgan fingerprint density at radius 1 is 1.25 bits per heavy atom. The van der Waals surface area contributed by atoms with Crippen molar-refractivity contribution in [2.75, 3.05) is 19.8 Å². The van der Waals surface area contributed by atoms with E-state index in [9.17, 15) is 14.4 Å². The molecule has 0 aromatic heterocycles. The van der Waals surface area contributed by atoms with Gasteiger partial charge in [-0.3, -0.25) is 9.69 Å². The Morgan fingerprint density at radius 3 is 2.58 bits per heavy atom. The van der Waals surface area contributed by atoms with Crippen molar-refractivity contribution in [2.45, 2.75) is 13.8 Å². The van der Waals surface area contributed by atoms with Gasteiger partial charge in [0.15, 0.2) is 18.1 Å². The highest BCUT2D eigenvalue weighted by molar-refractivity contribution is 6.13. The van der Waals surface area contributed by atoms with Crippen molar-refractivity contribution in [3.05, 3.63) is 29.5 Å². The van der Waals surface area contributed by atoms with Gasteiger partial charge in [-0.25, -0.2) is 9.59 Å². The number of carboxylic acids is 1. The lowest BCUT2D eigenvalue weighted by molar-refractivity contribution is -0.139. The zero-order valence-corrected chi connectivity index (χ0v) is 13.4. The average molecular weight is 334 g/mol. The maximum Gasteiger partial charge on any atom is 0.341 e. The Kier molecular flexibility index (Phi) is 5.41. The van der Waals surface area contributed by atoms with Gasteiger partial charge in [-0.2, -0.15) is 0 Å². The maximum atomic E-state index is 12.1. The molecule has 1 aromatic rings. The number of aliphatic carboxylic acids is 1. The number of carboxylic acid groups (broad SMARTS) is 1. The van der Waals surface area contributed by atoms with Crippen LogP contribution in [0.5, 0.6) is 11.5 Å². The lowest BCUT2D eigenvalue weighted by Gasteiger charge is -2.11. The highest BCUT2D eigenvalue weighted by Crippen LogP contribution is 2.29. The topological polar surface area (TPSA) is 105 Å². The van der Waals surface area contributed by atoms with Crippen molar-refractivity contribution in [3.63, 3.8) is 0 Å².